The Morgan fingerprint density at radius 2 is 1.63 bits per heavy atom. The fourth-order valence-corrected chi connectivity index (χ4v) is 3.73. The molecule has 0 heterocycles. The van der Waals surface area contributed by atoms with Gasteiger partial charge in [-0.1, -0.05) is 46.5 Å². The van der Waals surface area contributed by atoms with Gasteiger partial charge in [-0.3, -0.25) is 0 Å². The average molecular weight is 268 g/mol. The molecule has 1 saturated carbocycles. The highest BCUT2D eigenvalue weighted by Crippen LogP contribution is 2.36. The molecule has 1 N–H and O–H groups in total. The zero-order valence-corrected chi connectivity index (χ0v) is 14.0. The first-order valence-electron chi connectivity index (χ1n) is 8.43. The molecule has 1 aliphatic carbocycles. The molecule has 0 bridgehead atoms. The van der Waals surface area contributed by atoms with Gasteiger partial charge in [-0.05, 0) is 52.2 Å². The van der Waals surface area contributed by atoms with E-state index in [0.29, 0.717) is 11.6 Å². The van der Waals surface area contributed by atoms with Gasteiger partial charge in [0, 0.05) is 11.6 Å². The van der Waals surface area contributed by atoms with Crippen molar-refractivity contribution in [3.8, 4) is 0 Å². The van der Waals surface area contributed by atoms with Gasteiger partial charge in [0.1, 0.15) is 0 Å². The van der Waals surface area contributed by atoms with Crippen molar-refractivity contribution >= 4 is 0 Å². The predicted octanol–water partition coefficient (Wildman–Crippen LogP) is 4.06. The third kappa shape index (κ3) is 4.75. The normalized spacial score (nSPS) is 21.6. The molecule has 1 fully saturated rings. The second-order valence-corrected chi connectivity index (χ2v) is 7.05. The molecule has 0 amide bonds. The van der Waals surface area contributed by atoms with Crippen molar-refractivity contribution in [2.75, 3.05) is 20.6 Å². The van der Waals surface area contributed by atoms with Crippen molar-refractivity contribution in [2.24, 2.45) is 5.92 Å². The van der Waals surface area contributed by atoms with Gasteiger partial charge in [-0.15, -0.1) is 0 Å². The van der Waals surface area contributed by atoms with Crippen LogP contribution in [0.15, 0.2) is 0 Å². The van der Waals surface area contributed by atoms with Crippen LogP contribution >= 0.6 is 0 Å². The minimum Gasteiger partial charge on any atom is -0.312 e. The molecular formula is C17H36N2. The number of rotatable bonds is 7. The van der Waals surface area contributed by atoms with Crippen LogP contribution in [0.1, 0.15) is 72.1 Å². The van der Waals surface area contributed by atoms with Crippen LogP contribution in [0.25, 0.3) is 0 Å². The molecule has 114 valence electrons. The molecule has 0 aliphatic heterocycles. The molecule has 2 nitrogen and oxygen atoms in total. The summed E-state index contributed by atoms with van der Waals surface area (Å²) in [5.74, 6) is 0.773. The largest absolute Gasteiger partial charge is 0.312 e. The fraction of sp³-hybridized carbons (Fsp3) is 1.00. The van der Waals surface area contributed by atoms with E-state index in [9.17, 15) is 0 Å². The highest BCUT2D eigenvalue weighted by atomic mass is 15.2. The van der Waals surface area contributed by atoms with Crippen molar-refractivity contribution in [3.05, 3.63) is 0 Å². The molecule has 0 radical (unpaired) electrons. The molecule has 1 rings (SSSR count). The van der Waals surface area contributed by atoms with Crippen molar-refractivity contribution in [1.82, 2.24) is 10.2 Å². The lowest BCUT2D eigenvalue weighted by Gasteiger charge is -2.47. The third-order valence-corrected chi connectivity index (χ3v) is 4.86. The van der Waals surface area contributed by atoms with Crippen LogP contribution in [0.4, 0.5) is 0 Å². The van der Waals surface area contributed by atoms with Crippen LogP contribution in [-0.4, -0.2) is 37.1 Å². The topological polar surface area (TPSA) is 15.3 Å². The minimum absolute atomic E-state index is 0.385. The Morgan fingerprint density at radius 1 is 1.05 bits per heavy atom. The van der Waals surface area contributed by atoms with Crippen LogP contribution < -0.4 is 5.32 Å². The summed E-state index contributed by atoms with van der Waals surface area (Å²) < 4.78 is 0. The number of hydrogen-bond acceptors (Lipinski definition) is 2. The van der Waals surface area contributed by atoms with Gasteiger partial charge in [0.25, 0.3) is 0 Å². The Labute approximate surface area is 121 Å². The summed E-state index contributed by atoms with van der Waals surface area (Å²) >= 11 is 0. The van der Waals surface area contributed by atoms with Crippen LogP contribution in [0, 0.1) is 5.92 Å². The molecule has 2 heteroatoms. The maximum Gasteiger partial charge on any atom is 0.0356 e. The van der Waals surface area contributed by atoms with E-state index in [4.69, 9.17) is 0 Å². The van der Waals surface area contributed by atoms with Crippen LogP contribution in [0.2, 0.25) is 0 Å². The highest BCUT2D eigenvalue weighted by Gasteiger charge is 2.40. The lowest BCUT2D eigenvalue weighted by molar-refractivity contribution is 0.0705. The van der Waals surface area contributed by atoms with E-state index in [0.717, 1.165) is 12.5 Å². The van der Waals surface area contributed by atoms with Crippen molar-refractivity contribution in [1.29, 1.82) is 0 Å². The van der Waals surface area contributed by atoms with Gasteiger partial charge in [-0.2, -0.15) is 0 Å². The summed E-state index contributed by atoms with van der Waals surface area (Å²) in [4.78, 5) is 2.54. The average Bonchev–Trinajstić information content (AvgIpc) is 2.60. The summed E-state index contributed by atoms with van der Waals surface area (Å²) in [6, 6.07) is 0.653. The van der Waals surface area contributed by atoms with Gasteiger partial charge in [0.05, 0.1) is 0 Å². The Morgan fingerprint density at radius 3 is 2.05 bits per heavy atom. The third-order valence-electron chi connectivity index (χ3n) is 4.86. The fourth-order valence-electron chi connectivity index (χ4n) is 3.73. The molecule has 0 aromatic heterocycles. The molecule has 1 aliphatic rings. The zero-order chi connectivity index (χ0) is 14.3. The van der Waals surface area contributed by atoms with Gasteiger partial charge < -0.3 is 10.2 Å². The molecule has 0 saturated heterocycles. The Hall–Kier alpha value is -0.0800. The van der Waals surface area contributed by atoms with Gasteiger partial charge in [0.15, 0.2) is 0 Å². The molecule has 19 heavy (non-hydrogen) atoms. The quantitative estimate of drug-likeness (QED) is 0.701. The molecular weight excluding hydrogens is 232 g/mol. The van der Waals surface area contributed by atoms with E-state index in [1.807, 2.05) is 0 Å². The molecule has 1 unspecified atom stereocenters. The summed E-state index contributed by atoms with van der Waals surface area (Å²) in [5, 5.41) is 3.88. The lowest BCUT2D eigenvalue weighted by Crippen LogP contribution is -2.59. The Kier molecular flexibility index (Phi) is 7.38. The first-order valence-corrected chi connectivity index (χ1v) is 8.43. The second-order valence-electron chi connectivity index (χ2n) is 7.05. The SMILES string of the molecule is CCCNC(CC(C)C)C1(N(C)C)CCCCCC1. The maximum absolute atomic E-state index is 3.88. The van der Waals surface area contributed by atoms with Crippen molar-refractivity contribution in [2.45, 2.75) is 83.7 Å². The molecule has 1 atom stereocenters. The number of nitrogens with zero attached hydrogens (tertiary/aromatic N) is 1. The monoisotopic (exact) mass is 268 g/mol. The lowest BCUT2D eigenvalue weighted by atomic mass is 9.78. The summed E-state index contributed by atoms with van der Waals surface area (Å²) in [5.41, 5.74) is 0.385. The minimum atomic E-state index is 0.385. The standard InChI is InChI=1S/C17H36N2/c1-6-13-18-16(14-15(2)3)17(19(4)5)11-9-7-8-10-12-17/h15-16,18H,6-14H2,1-5H3. The van der Waals surface area contributed by atoms with E-state index in [1.54, 1.807) is 0 Å². The van der Waals surface area contributed by atoms with Crippen molar-refractivity contribution in [3.63, 3.8) is 0 Å². The van der Waals surface area contributed by atoms with Crippen LogP contribution in [-0.2, 0) is 0 Å². The Balaban J connectivity index is 2.87. The van der Waals surface area contributed by atoms with Gasteiger partial charge in [-0.25, -0.2) is 0 Å². The predicted molar refractivity (Wildman–Crippen MR) is 85.7 cm³/mol. The smallest absolute Gasteiger partial charge is 0.0356 e. The van der Waals surface area contributed by atoms with E-state index < -0.39 is 0 Å². The van der Waals surface area contributed by atoms with E-state index in [1.165, 1.54) is 51.4 Å². The molecule has 0 aromatic carbocycles. The molecule has 0 spiro atoms. The summed E-state index contributed by atoms with van der Waals surface area (Å²) in [7, 11) is 4.60. The first-order chi connectivity index (χ1) is 9.03. The van der Waals surface area contributed by atoms with Gasteiger partial charge in [0.2, 0.25) is 0 Å². The van der Waals surface area contributed by atoms with E-state index in [-0.39, 0.29) is 0 Å². The first kappa shape index (κ1) is 17.0. The number of nitrogens with one attached hydrogen (secondary N) is 1. The van der Waals surface area contributed by atoms with E-state index in [2.05, 4.69) is 45.1 Å². The van der Waals surface area contributed by atoms with Crippen LogP contribution in [0.5, 0.6) is 0 Å². The maximum atomic E-state index is 3.88. The second kappa shape index (κ2) is 8.26. The van der Waals surface area contributed by atoms with E-state index >= 15 is 0 Å². The highest BCUT2D eigenvalue weighted by molar-refractivity contribution is 5.00. The molecule has 0 aromatic rings. The van der Waals surface area contributed by atoms with Crippen molar-refractivity contribution < 1.29 is 0 Å². The zero-order valence-electron chi connectivity index (χ0n) is 14.0. The number of likely N-dealkylation sites (N-methyl/N-ethyl adjacent to an activating group) is 1. The van der Waals surface area contributed by atoms with Gasteiger partial charge >= 0.3 is 0 Å². The summed E-state index contributed by atoms with van der Waals surface area (Å²) in [6.45, 7) is 8.16. The Bertz CT molecular complexity index is 227. The number of hydrogen-bond donors (Lipinski definition) is 1. The summed E-state index contributed by atoms with van der Waals surface area (Å²) in [6.07, 6.45) is 10.9. The van der Waals surface area contributed by atoms with Crippen LogP contribution in [0.3, 0.4) is 0 Å².